The largest absolute Gasteiger partial charge is 0.0721 e. The van der Waals surface area contributed by atoms with Gasteiger partial charge in [0.25, 0.3) is 0 Å². The minimum atomic E-state index is 0.968. The molecule has 0 aromatic heterocycles. The van der Waals surface area contributed by atoms with Crippen LogP contribution in [-0.4, -0.2) is 0 Å². The van der Waals surface area contributed by atoms with Crippen molar-refractivity contribution in [2.75, 3.05) is 0 Å². The lowest BCUT2D eigenvalue weighted by molar-refractivity contribution is 0.517. The van der Waals surface area contributed by atoms with Crippen LogP contribution < -0.4 is 0 Å². The van der Waals surface area contributed by atoms with Crippen LogP contribution in [0.3, 0.4) is 0 Å². The Morgan fingerprint density at radius 1 is 1.44 bits per heavy atom. The van der Waals surface area contributed by atoms with Crippen LogP contribution in [0.1, 0.15) is 25.7 Å². The second-order valence-electron chi connectivity index (χ2n) is 3.26. The molecule has 0 aromatic rings. The fourth-order valence-electron chi connectivity index (χ4n) is 2.05. The van der Waals surface area contributed by atoms with Crippen LogP contribution in [0.15, 0.2) is 9.66 Å². The van der Waals surface area contributed by atoms with E-state index < -0.39 is 0 Å². The van der Waals surface area contributed by atoms with Gasteiger partial charge in [-0.1, -0.05) is 6.08 Å². The summed E-state index contributed by atoms with van der Waals surface area (Å²) >= 11 is 2.49. The van der Waals surface area contributed by atoms with E-state index in [-0.39, 0.29) is 0 Å². The molecule has 0 radical (unpaired) electrons. The quantitative estimate of drug-likeness (QED) is 0.565. The fourth-order valence-corrected chi connectivity index (χ4v) is 3.18. The highest BCUT2D eigenvalue weighted by Crippen LogP contribution is 2.42. The first-order valence-corrected chi connectivity index (χ1v) is 4.78. The predicted molar refractivity (Wildman–Crippen MR) is 47.6 cm³/mol. The molecule has 2 bridgehead atoms. The maximum Gasteiger partial charge on any atom is -0.0128 e. The molecular formula is C8H11I. The smallest absolute Gasteiger partial charge is 0.0128 e. The number of hydrogen-bond acceptors (Lipinski definition) is 0. The Hall–Kier alpha value is 0.470. The van der Waals surface area contributed by atoms with E-state index in [1.807, 2.05) is 0 Å². The molecular weight excluding hydrogens is 223 g/mol. The van der Waals surface area contributed by atoms with Crippen molar-refractivity contribution >= 4 is 22.6 Å². The molecule has 50 valence electrons. The van der Waals surface area contributed by atoms with Crippen LogP contribution in [0.4, 0.5) is 0 Å². The van der Waals surface area contributed by atoms with E-state index in [0.29, 0.717) is 0 Å². The van der Waals surface area contributed by atoms with Gasteiger partial charge >= 0.3 is 0 Å². The molecule has 0 nitrogen and oxygen atoms in total. The highest BCUT2D eigenvalue weighted by atomic mass is 127. The van der Waals surface area contributed by atoms with Gasteiger partial charge in [-0.3, -0.25) is 0 Å². The number of halogens is 1. The first-order valence-electron chi connectivity index (χ1n) is 3.71. The molecule has 2 aliphatic carbocycles. The van der Waals surface area contributed by atoms with Crippen molar-refractivity contribution in [2.24, 2.45) is 11.8 Å². The molecule has 0 heterocycles. The summed E-state index contributed by atoms with van der Waals surface area (Å²) in [6.07, 6.45) is 8.32. The molecule has 1 fully saturated rings. The van der Waals surface area contributed by atoms with E-state index in [9.17, 15) is 0 Å². The Kier molecular flexibility index (Phi) is 1.55. The van der Waals surface area contributed by atoms with Gasteiger partial charge in [0.2, 0.25) is 0 Å². The van der Waals surface area contributed by atoms with E-state index in [0.717, 1.165) is 11.8 Å². The summed E-state index contributed by atoms with van der Waals surface area (Å²) in [5.41, 5.74) is 0. The van der Waals surface area contributed by atoms with Gasteiger partial charge in [-0.2, -0.15) is 0 Å². The van der Waals surface area contributed by atoms with Crippen LogP contribution in [0.5, 0.6) is 0 Å². The molecule has 0 aliphatic heterocycles. The van der Waals surface area contributed by atoms with Gasteiger partial charge in [0.15, 0.2) is 0 Å². The molecule has 9 heavy (non-hydrogen) atoms. The lowest BCUT2D eigenvalue weighted by atomic mass is 9.96. The van der Waals surface area contributed by atoms with Crippen molar-refractivity contribution in [3.8, 4) is 0 Å². The zero-order chi connectivity index (χ0) is 6.27. The summed E-state index contributed by atoms with van der Waals surface area (Å²) in [5.74, 6) is 2.03. The second kappa shape index (κ2) is 2.26. The highest BCUT2D eigenvalue weighted by Gasteiger charge is 2.27. The third-order valence-corrected chi connectivity index (χ3v) is 3.28. The summed E-state index contributed by atoms with van der Waals surface area (Å²) in [7, 11) is 0. The van der Waals surface area contributed by atoms with Gasteiger partial charge in [0.05, 0.1) is 0 Å². The molecule has 0 N–H and O–H groups in total. The minimum absolute atomic E-state index is 0.968. The fraction of sp³-hybridized carbons (Fsp3) is 0.750. The zero-order valence-electron chi connectivity index (χ0n) is 5.44. The monoisotopic (exact) mass is 234 g/mol. The van der Waals surface area contributed by atoms with Crippen molar-refractivity contribution in [2.45, 2.75) is 25.7 Å². The summed E-state index contributed by atoms with van der Waals surface area (Å²) < 4.78 is 1.62. The normalized spacial score (nSPS) is 40.8. The lowest BCUT2D eigenvalue weighted by Gasteiger charge is -2.14. The van der Waals surface area contributed by atoms with Crippen LogP contribution in [0, 0.1) is 11.8 Å². The Labute approximate surface area is 69.9 Å². The number of fused-ring (bicyclic) bond motifs is 2. The number of rotatable bonds is 0. The topological polar surface area (TPSA) is 0 Å². The maximum absolute atomic E-state index is 2.49. The molecule has 0 amide bonds. The van der Waals surface area contributed by atoms with Gasteiger partial charge in [-0.25, -0.2) is 0 Å². The Balaban J connectivity index is 2.19. The zero-order valence-corrected chi connectivity index (χ0v) is 7.60. The third kappa shape index (κ3) is 1.16. The van der Waals surface area contributed by atoms with Gasteiger partial charge in [0.1, 0.15) is 0 Å². The van der Waals surface area contributed by atoms with Crippen LogP contribution in [0.25, 0.3) is 0 Å². The molecule has 2 atom stereocenters. The molecule has 0 aromatic carbocycles. The number of hydrogen-bond donors (Lipinski definition) is 0. The molecule has 0 spiro atoms. The number of allylic oxidation sites excluding steroid dienone is 2. The van der Waals surface area contributed by atoms with Crippen LogP contribution in [0.2, 0.25) is 0 Å². The third-order valence-electron chi connectivity index (χ3n) is 2.48. The standard InChI is InChI=1S/C8H11I/c9-8-4-6-1-2-7(3-6)5-8/h4,6-7H,1-3,5H2. The average Bonchev–Trinajstić information content (AvgIpc) is 2.11. The van der Waals surface area contributed by atoms with E-state index in [2.05, 4.69) is 28.7 Å². The summed E-state index contributed by atoms with van der Waals surface area (Å²) in [5, 5.41) is 0. The summed E-state index contributed by atoms with van der Waals surface area (Å²) in [4.78, 5) is 0. The molecule has 0 saturated heterocycles. The van der Waals surface area contributed by atoms with Gasteiger partial charge in [0, 0.05) is 0 Å². The predicted octanol–water partition coefficient (Wildman–Crippen LogP) is 3.13. The SMILES string of the molecule is IC1=CC2CCC(C1)C2. The Bertz CT molecular complexity index is 149. The van der Waals surface area contributed by atoms with E-state index >= 15 is 0 Å². The van der Waals surface area contributed by atoms with Gasteiger partial charge in [-0.15, -0.1) is 0 Å². The summed E-state index contributed by atoms with van der Waals surface area (Å²) in [6, 6.07) is 0. The van der Waals surface area contributed by atoms with Crippen molar-refractivity contribution in [3.05, 3.63) is 9.66 Å². The van der Waals surface area contributed by atoms with Crippen molar-refractivity contribution < 1.29 is 0 Å². The molecule has 1 heteroatoms. The van der Waals surface area contributed by atoms with Crippen LogP contribution in [-0.2, 0) is 0 Å². The average molecular weight is 234 g/mol. The van der Waals surface area contributed by atoms with Crippen molar-refractivity contribution in [1.82, 2.24) is 0 Å². The maximum atomic E-state index is 2.49. The molecule has 2 aliphatic rings. The summed E-state index contributed by atoms with van der Waals surface area (Å²) in [6.45, 7) is 0. The molecule has 2 unspecified atom stereocenters. The molecule has 1 saturated carbocycles. The lowest BCUT2D eigenvalue weighted by Crippen LogP contribution is -2.00. The minimum Gasteiger partial charge on any atom is -0.0721 e. The second-order valence-corrected chi connectivity index (χ2v) is 4.64. The Morgan fingerprint density at radius 3 is 3.11 bits per heavy atom. The molecule has 2 rings (SSSR count). The van der Waals surface area contributed by atoms with E-state index in [4.69, 9.17) is 0 Å². The van der Waals surface area contributed by atoms with Gasteiger partial charge < -0.3 is 0 Å². The van der Waals surface area contributed by atoms with Gasteiger partial charge in [-0.05, 0) is 63.7 Å². The van der Waals surface area contributed by atoms with Crippen molar-refractivity contribution in [3.63, 3.8) is 0 Å². The Morgan fingerprint density at radius 2 is 2.33 bits per heavy atom. The van der Waals surface area contributed by atoms with Crippen molar-refractivity contribution in [1.29, 1.82) is 0 Å². The van der Waals surface area contributed by atoms with E-state index in [1.54, 1.807) is 3.58 Å². The van der Waals surface area contributed by atoms with Crippen LogP contribution >= 0.6 is 22.6 Å². The highest BCUT2D eigenvalue weighted by molar-refractivity contribution is 14.1. The first-order chi connectivity index (χ1) is 4.34. The first kappa shape index (κ1) is 6.20. The van der Waals surface area contributed by atoms with E-state index in [1.165, 1.54) is 25.7 Å².